The molecule has 141 valence electrons. The van der Waals surface area contributed by atoms with E-state index in [9.17, 15) is 29.7 Å². The molecule has 0 amide bonds. The molecule has 0 aromatic carbocycles. The van der Waals surface area contributed by atoms with Crippen LogP contribution in [0.25, 0.3) is 0 Å². The van der Waals surface area contributed by atoms with Crippen molar-refractivity contribution in [3.8, 4) is 0 Å². The van der Waals surface area contributed by atoms with Crippen LogP contribution in [-0.4, -0.2) is 32.9 Å². The van der Waals surface area contributed by atoms with E-state index in [2.05, 4.69) is 15.0 Å². The number of hydrogen-bond acceptors (Lipinski definition) is 9. The van der Waals surface area contributed by atoms with Crippen molar-refractivity contribution < 1.29 is 47.1 Å². The number of aromatic nitrogens is 3. The molecule has 0 fully saturated rings. The maximum absolute atomic E-state index is 10.1. The Morgan fingerprint density at radius 3 is 0.786 bits per heavy atom. The van der Waals surface area contributed by atoms with Crippen LogP contribution in [0.15, 0.2) is 73.6 Å². The summed E-state index contributed by atoms with van der Waals surface area (Å²) < 4.78 is 0. The first-order valence-corrected chi connectivity index (χ1v) is 7.26. The number of hydrogen-bond donors (Lipinski definition) is 0. The molecule has 3 aromatic rings. The fourth-order valence-electron chi connectivity index (χ4n) is 1.46. The molecule has 0 N–H and O–H groups in total. The van der Waals surface area contributed by atoms with Gasteiger partial charge in [0.1, 0.15) is 0 Å². The molecule has 0 aliphatic carbocycles. The summed E-state index contributed by atoms with van der Waals surface area (Å²) in [6.07, 6.45) is 8.45. The van der Waals surface area contributed by atoms with Crippen LogP contribution in [0.3, 0.4) is 0 Å². The monoisotopic (exact) mass is 418 g/mol. The second-order valence-electron chi connectivity index (χ2n) is 4.57. The zero-order valence-electron chi connectivity index (χ0n) is 14.1. The maximum atomic E-state index is 10.1. The van der Waals surface area contributed by atoms with Gasteiger partial charge in [0.15, 0.2) is 0 Å². The van der Waals surface area contributed by atoms with Crippen LogP contribution in [0.1, 0.15) is 31.1 Å². The van der Waals surface area contributed by atoms with Crippen molar-refractivity contribution in [2.75, 3.05) is 0 Å². The zero-order chi connectivity index (χ0) is 20.1. The van der Waals surface area contributed by atoms with Crippen LogP contribution in [0.5, 0.6) is 0 Å². The Bertz CT molecular complexity index is 747. The number of carbonyl (C=O) groups excluding carboxylic acids is 3. The normalized spacial score (nSPS) is 8.57. The molecule has 0 saturated carbocycles. The molecule has 10 heteroatoms. The topological polar surface area (TPSA) is 159 Å². The fourth-order valence-corrected chi connectivity index (χ4v) is 1.46. The number of rotatable bonds is 3. The molecule has 0 atom stereocenters. The van der Waals surface area contributed by atoms with E-state index in [1.54, 1.807) is 0 Å². The van der Waals surface area contributed by atoms with Gasteiger partial charge in [0, 0.05) is 53.9 Å². The third-order valence-electron chi connectivity index (χ3n) is 2.75. The molecule has 0 bridgehead atoms. The Kier molecular flexibility index (Phi) is 11.8. The van der Waals surface area contributed by atoms with Crippen LogP contribution in [0.2, 0.25) is 0 Å². The third kappa shape index (κ3) is 9.77. The van der Waals surface area contributed by atoms with Gasteiger partial charge in [-0.15, -0.1) is 0 Å². The molecule has 0 aliphatic heterocycles. The van der Waals surface area contributed by atoms with Crippen molar-refractivity contribution in [3.63, 3.8) is 0 Å². The molecule has 3 aromatic heterocycles. The van der Waals surface area contributed by atoms with Crippen LogP contribution < -0.4 is 15.3 Å². The standard InChI is InChI=1S/3C6H5NO2.Cr/c3*8-6(9)5-1-3-7-4-2-5;/h3*1-4H,(H,8,9);/q;;;+3/p-3. The van der Waals surface area contributed by atoms with E-state index in [4.69, 9.17) is 0 Å². The summed E-state index contributed by atoms with van der Waals surface area (Å²) in [4.78, 5) is 41.1. The number of carboxylic acid groups (broad SMARTS) is 3. The minimum Gasteiger partial charge on any atom is -0.545 e. The summed E-state index contributed by atoms with van der Waals surface area (Å²) in [5, 5.41) is 30.2. The Morgan fingerprint density at radius 1 is 0.500 bits per heavy atom. The minimum absolute atomic E-state index is 0. The maximum Gasteiger partial charge on any atom is 3.00 e. The first-order valence-electron chi connectivity index (χ1n) is 7.26. The largest absolute Gasteiger partial charge is 3.00 e. The number of carboxylic acids is 3. The molecule has 3 rings (SSSR count). The van der Waals surface area contributed by atoms with Crippen LogP contribution >= 0.6 is 0 Å². The van der Waals surface area contributed by atoms with E-state index in [0.717, 1.165) is 0 Å². The van der Waals surface area contributed by atoms with E-state index in [0.29, 0.717) is 0 Å². The van der Waals surface area contributed by atoms with E-state index < -0.39 is 17.9 Å². The van der Waals surface area contributed by atoms with Crippen molar-refractivity contribution in [1.29, 1.82) is 0 Å². The minimum atomic E-state index is -1.17. The molecule has 28 heavy (non-hydrogen) atoms. The number of aromatic carboxylic acids is 3. The number of nitrogens with zero attached hydrogens (tertiary/aromatic N) is 3. The molecule has 3 heterocycles. The molecule has 0 spiro atoms. The van der Waals surface area contributed by atoms with Gasteiger partial charge in [0.25, 0.3) is 0 Å². The van der Waals surface area contributed by atoms with Gasteiger partial charge >= 0.3 is 17.4 Å². The fraction of sp³-hybridized carbons (Fsp3) is 0. The van der Waals surface area contributed by atoms with Gasteiger partial charge in [-0.05, 0) is 36.4 Å². The third-order valence-corrected chi connectivity index (χ3v) is 2.75. The zero-order valence-corrected chi connectivity index (χ0v) is 15.4. The summed E-state index contributed by atoms with van der Waals surface area (Å²) in [6.45, 7) is 0. The molecule has 0 saturated heterocycles. The van der Waals surface area contributed by atoms with E-state index in [1.165, 1.54) is 73.6 Å². The van der Waals surface area contributed by atoms with E-state index in [-0.39, 0.29) is 34.1 Å². The summed E-state index contributed by atoms with van der Waals surface area (Å²) >= 11 is 0. The quantitative estimate of drug-likeness (QED) is 0.485. The van der Waals surface area contributed by atoms with Crippen LogP contribution in [0, 0.1) is 0 Å². The van der Waals surface area contributed by atoms with Crippen LogP contribution in [-0.2, 0) is 17.4 Å². The molecular formula is C18H12CrN3O6. The van der Waals surface area contributed by atoms with Crippen molar-refractivity contribution in [1.82, 2.24) is 15.0 Å². The van der Waals surface area contributed by atoms with Gasteiger partial charge < -0.3 is 29.7 Å². The van der Waals surface area contributed by atoms with Gasteiger partial charge in [0.2, 0.25) is 0 Å². The Morgan fingerprint density at radius 2 is 0.679 bits per heavy atom. The van der Waals surface area contributed by atoms with Crippen molar-refractivity contribution in [2.45, 2.75) is 0 Å². The second-order valence-corrected chi connectivity index (χ2v) is 4.57. The summed E-state index contributed by atoms with van der Waals surface area (Å²) in [5.74, 6) is -3.51. The van der Waals surface area contributed by atoms with Gasteiger partial charge in [-0.3, -0.25) is 15.0 Å². The number of carbonyl (C=O) groups is 3. The smallest absolute Gasteiger partial charge is 0.545 e. The Labute approximate surface area is 170 Å². The average molecular weight is 418 g/mol. The SMILES string of the molecule is O=C([O-])c1ccncc1.O=C([O-])c1ccncc1.O=C([O-])c1ccncc1.[Cr+3]. The first-order chi connectivity index (χ1) is 12.9. The summed E-state index contributed by atoms with van der Waals surface area (Å²) in [5.41, 5.74) is 0.472. The summed E-state index contributed by atoms with van der Waals surface area (Å²) in [7, 11) is 0. The van der Waals surface area contributed by atoms with Crippen molar-refractivity contribution in [3.05, 3.63) is 90.3 Å². The molecule has 0 unspecified atom stereocenters. The predicted octanol–water partition coefficient (Wildman–Crippen LogP) is -1.67. The van der Waals surface area contributed by atoms with Gasteiger partial charge in [0.05, 0.1) is 17.9 Å². The molecule has 0 aliphatic rings. The van der Waals surface area contributed by atoms with E-state index in [1.807, 2.05) is 0 Å². The van der Waals surface area contributed by atoms with Gasteiger partial charge in [-0.25, -0.2) is 0 Å². The summed E-state index contributed by atoms with van der Waals surface area (Å²) in [6, 6.07) is 8.31. The van der Waals surface area contributed by atoms with Gasteiger partial charge in [-0.2, -0.15) is 0 Å². The number of pyridine rings is 3. The first kappa shape index (κ1) is 24.4. The van der Waals surface area contributed by atoms with Crippen molar-refractivity contribution >= 4 is 17.9 Å². The molecule has 1 radical (unpaired) electrons. The van der Waals surface area contributed by atoms with Crippen LogP contribution in [0.4, 0.5) is 0 Å². The van der Waals surface area contributed by atoms with E-state index >= 15 is 0 Å². The van der Waals surface area contributed by atoms with Crippen molar-refractivity contribution in [2.24, 2.45) is 0 Å². The molecular weight excluding hydrogens is 406 g/mol. The molecule has 9 nitrogen and oxygen atoms in total. The van der Waals surface area contributed by atoms with Gasteiger partial charge in [-0.1, -0.05) is 0 Å². The average Bonchev–Trinajstić information content (AvgIpc) is 2.71. The Balaban J connectivity index is 0.000000384. The Hall–Kier alpha value is -3.61. The predicted molar refractivity (Wildman–Crippen MR) is 85.7 cm³/mol. The second kappa shape index (κ2) is 13.6.